The minimum atomic E-state index is -0.288. The molecule has 2 atom stereocenters. The van der Waals surface area contributed by atoms with Gasteiger partial charge in [-0.15, -0.1) is 0 Å². The van der Waals surface area contributed by atoms with Gasteiger partial charge in [0.1, 0.15) is 11.5 Å². The van der Waals surface area contributed by atoms with Gasteiger partial charge in [0.15, 0.2) is 18.8 Å². The summed E-state index contributed by atoms with van der Waals surface area (Å²) in [5.41, 5.74) is 24.5. The molecule has 0 aliphatic heterocycles. The normalized spacial score (nSPS) is 11.9. The molecule has 1 radical (unpaired) electrons. The molecule has 0 bridgehead atoms. The molecule has 0 aromatic heterocycles. The van der Waals surface area contributed by atoms with E-state index in [1.807, 2.05) is 12.1 Å². The molecule has 11 heteroatoms. The first-order valence-electron chi connectivity index (χ1n) is 12.3. The molecule has 0 saturated carbocycles. The summed E-state index contributed by atoms with van der Waals surface area (Å²) in [5, 5.41) is 15.7. The fourth-order valence-corrected chi connectivity index (χ4v) is 3.44. The second kappa shape index (κ2) is 21.7. The second-order valence-corrected chi connectivity index (χ2v) is 8.07. The summed E-state index contributed by atoms with van der Waals surface area (Å²) in [5.74, 6) is 0.609. The number of ether oxygens (including phenoxy) is 1. The van der Waals surface area contributed by atoms with Crippen LogP contribution in [0.4, 0.5) is 0 Å². The fraction of sp³-hybridized carbons (Fsp3) is 0.462. The third-order valence-electron chi connectivity index (χ3n) is 5.31. The van der Waals surface area contributed by atoms with E-state index in [0.29, 0.717) is 55.8 Å². The third kappa shape index (κ3) is 13.1. The zero-order valence-corrected chi connectivity index (χ0v) is 22.3. The van der Waals surface area contributed by atoms with Crippen molar-refractivity contribution >= 4 is 12.6 Å². The van der Waals surface area contributed by atoms with Gasteiger partial charge in [-0.1, -0.05) is 24.3 Å². The molecule has 11 N–H and O–H groups in total. The van der Waals surface area contributed by atoms with Gasteiger partial charge in [0.2, 0.25) is 0 Å². The smallest absolute Gasteiger partial charge is 0.153 e. The van der Waals surface area contributed by atoms with Crippen LogP contribution in [0, 0.1) is 0 Å². The van der Waals surface area contributed by atoms with E-state index in [4.69, 9.17) is 32.8 Å². The number of nitrogens with two attached hydrogens (primary N) is 4. The maximum atomic E-state index is 11.6. The van der Waals surface area contributed by atoms with E-state index in [9.17, 15) is 9.59 Å². The van der Waals surface area contributed by atoms with Crippen LogP contribution in [-0.2, 0) is 16.8 Å². The maximum absolute atomic E-state index is 11.6. The average Bonchev–Trinajstić information content (AvgIpc) is 2.89. The number of carbonyl (C=O) groups excluding carboxylic acids is 2. The molecule has 0 spiro atoms. The molecule has 2 rings (SSSR count). The van der Waals surface area contributed by atoms with Crippen LogP contribution in [0.2, 0.25) is 0 Å². The van der Waals surface area contributed by atoms with Crippen LogP contribution in [0.3, 0.4) is 0 Å². The van der Waals surface area contributed by atoms with Gasteiger partial charge in [-0.25, -0.2) is 0 Å². The topological polar surface area (TPSA) is 192 Å². The Balaban J connectivity index is 0.00000109. The second-order valence-electron chi connectivity index (χ2n) is 8.07. The van der Waals surface area contributed by atoms with Crippen molar-refractivity contribution in [3.8, 4) is 11.5 Å². The van der Waals surface area contributed by atoms with Gasteiger partial charge in [-0.3, -0.25) is 14.9 Å². The summed E-state index contributed by atoms with van der Waals surface area (Å²) in [6.45, 7) is 3.70. The number of benzene rings is 2. The molecule has 0 aliphatic rings. The van der Waals surface area contributed by atoms with Crippen molar-refractivity contribution in [1.29, 1.82) is 0 Å². The Kier molecular flexibility index (Phi) is 20.3. The summed E-state index contributed by atoms with van der Waals surface area (Å²) in [7, 11) is 0. The summed E-state index contributed by atoms with van der Waals surface area (Å²) in [4.78, 5) is 21.7. The quantitative estimate of drug-likeness (QED) is 0.0833. The van der Waals surface area contributed by atoms with Crippen molar-refractivity contribution in [2.75, 3.05) is 39.3 Å². The number of phenols is 1. The number of carbonyl (C=O) groups is 2. The molecule has 2 aromatic rings. The number of nitrogens with one attached hydrogen (secondary N) is 2. The van der Waals surface area contributed by atoms with Crippen LogP contribution in [0.15, 0.2) is 42.5 Å². The Bertz CT molecular complexity index is 890. The average molecular weight is 562 g/mol. The molecular formula is C26H42CoN6O4. The maximum Gasteiger partial charge on any atom is 0.153 e. The number of para-hydroxylation sites is 2. The first kappa shape index (κ1) is 34.6. The van der Waals surface area contributed by atoms with E-state index in [0.717, 1.165) is 44.2 Å². The predicted molar refractivity (Wildman–Crippen MR) is 143 cm³/mol. The predicted octanol–water partition coefficient (Wildman–Crippen LogP) is 1.02. The molecule has 209 valence electrons. The van der Waals surface area contributed by atoms with E-state index in [1.165, 1.54) is 6.07 Å². The SMILES string of the molecule is NCCCNC(CCN)Oc1c(C=O)cccc1C(CCN)NCCCN.O=Cc1ccccc1O.[Co]. The third-order valence-corrected chi connectivity index (χ3v) is 5.31. The Labute approximate surface area is 230 Å². The first-order valence-corrected chi connectivity index (χ1v) is 12.3. The van der Waals surface area contributed by atoms with E-state index in [1.54, 1.807) is 24.3 Å². The number of hydrogen-bond acceptors (Lipinski definition) is 10. The molecule has 10 nitrogen and oxygen atoms in total. The molecule has 2 unspecified atom stereocenters. The van der Waals surface area contributed by atoms with Crippen LogP contribution in [-0.4, -0.2) is 63.2 Å². The minimum Gasteiger partial charge on any atom is -0.507 e. The van der Waals surface area contributed by atoms with Gasteiger partial charge >= 0.3 is 0 Å². The van der Waals surface area contributed by atoms with Crippen molar-refractivity contribution < 1.29 is 36.2 Å². The number of aldehydes is 2. The first-order chi connectivity index (χ1) is 17.6. The molecule has 2 aromatic carbocycles. The van der Waals surface area contributed by atoms with Crippen LogP contribution in [0.5, 0.6) is 11.5 Å². The van der Waals surface area contributed by atoms with E-state index in [-0.39, 0.29) is 34.8 Å². The molecular weight excluding hydrogens is 519 g/mol. The molecule has 0 amide bonds. The van der Waals surface area contributed by atoms with Gasteiger partial charge < -0.3 is 38.1 Å². The van der Waals surface area contributed by atoms with Crippen molar-refractivity contribution in [2.24, 2.45) is 22.9 Å². The fourth-order valence-electron chi connectivity index (χ4n) is 3.44. The van der Waals surface area contributed by atoms with Gasteiger partial charge in [-0.2, -0.15) is 0 Å². The van der Waals surface area contributed by atoms with E-state index < -0.39 is 0 Å². The number of aromatic hydroxyl groups is 1. The Hall–Kier alpha value is -2.35. The number of rotatable bonds is 17. The number of hydrogen-bond donors (Lipinski definition) is 7. The van der Waals surface area contributed by atoms with E-state index >= 15 is 0 Å². The van der Waals surface area contributed by atoms with Crippen LogP contribution in [0.1, 0.15) is 58.0 Å². The Morgan fingerprint density at radius 3 is 1.92 bits per heavy atom. The number of phenolic OH excluding ortho intramolecular Hbond substituents is 1. The Morgan fingerprint density at radius 2 is 1.38 bits per heavy atom. The monoisotopic (exact) mass is 561 g/mol. The van der Waals surface area contributed by atoms with Gasteiger partial charge in [0, 0.05) is 34.8 Å². The minimum absolute atomic E-state index is 0. The standard InChI is InChI=1S/C19H36N6O2.C7H6O2.Co/c20-8-2-12-24-17(6-10-22)16-5-1-4-15(14-26)19(16)27-18(7-11-23)25-13-3-9-21;8-5-6-3-1-2-4-7(6)9;/h1,4-5,14,17-18,24-25H,2-3,6-13,20-23H2;1-5,9H;. The van der Waals surface area contributed by atoms with E-state index in [2.05, 4.69) is 10.6 Å². The zero-order valence-electron chi connectivity index (χ0n) is 21.2. The van der Waals surface area contributed by atoms with Crippen LogP contribution < -0.4 is 38.3 Å². The van der Waals surface area contributed by atoms with Crippen molar-refractivity contribution in [1.82, 2.24) is 10.6 Å². The summed E-state index contributed by atoms with van der Waals surface area (Å²) in [6, 6.07) is 12.0. The van der Waals surface area contributed by atoms with Gasteiger partial charge in [0.25, 0.3) is 0 Å². The van der Waals surface area contributed by atoms with Crippen LogP contribution >= 0.6 is 0 Å². The van der Waals surface area contributed by atoms with Crippen molar-refractivity contribution in [3.05, 3.63) is 59.2 Å². The summed E-state index contributed by atoms with van der Waals surface area (Å²) < 4.78 is 6.22. The molecule has 0 heterocycles. The molecule has 0 fully saturated rings. The summed E-state index contributed by atoms with van der Waals surface area (Å²) >= 11 is 0. The summed E-state index contributed by atoms with van der Waals surface area (Å²) in [6.07, 6.45) is 4.20. The largest absolute Gasteiger partial charge is 0.507 e. The van der Waals surface area contributed by atoms with Crippen molar-refractivity contribution in [2.45, 2.75) is 38.0 Å². The van der Waals surface area contributed by atoms with Crippen LogP contribution in [0.25, 0.3) is 0 Å². The van der Waals surface area contributed by atoms with Gasteiger partial charge in [-0.05, 0) is 76.7 Å². The zero-order chi connectivity index (χ0) is 26.6. The Morgan fingerprint density at radius 1 is 0.784 bits per heavy atom. The molecule has 37 heavy (non-hydrogen) atoms. The molecule has 0 aliphatic carbocycles. The molecule has 0 saturated heterocycles. The van der Waals surface area contributed by atoms with Gasteiger partial charge in [0.05, 0.1) is 11.1 Å². The van der Waals surface area contributed by atoms with Crippen molar-refractivity contribution in [3.63, 3.8) is 0 Å².